The van der Waals surface area contributed by atoms with Crippen molar-refractivity contribution in [1.82, 2.24) is 0 Å². The van der Waals surface area contributed by atoms with E-state index < -0.39 is 0 Å². The number of nitrogens with zero attached hydrogens (tertiary/aromatic N) is 1. The first-order chi connectivity index (χ1) is 10.2. The van der Waals surface area contributed by atoms with Gasteiger partial charge in [-0.2, -0.15) is 0 Å². The molecular weight excluding hydrogens is 258 g/mol. The highest BCUT2D eigenvalue weighted by molar-refractivity contribution is 5.86. The molecule has 2 nitrogen and oxygen atoms in total. The van der Waals surface area contributed by atoms with E-state index in [1.54, 1.807) is 13.0 Å². The van der Waals surface area contributed by atoms with E-state index in [0.29, 0.717) is 12.1 Å². The van der Waals surface area contributed by atoms with Gasteiger partial charge >= 0.3 is 0 Å². The second kappa shape index (κ2) is 6.89. The molecule has 0 spiro atoms. The van der Waals surface area contributed by atoms with Crippen LogP contribution in [0.15, 0.2) is 60.3 Å². The molecule has 0 radical (unpaired) electrons. The molecule has 21 heavy (non-hydrogen) atoms. The molecule has 1 aliphatic carbocycles. The summed E-state index contributed by atoms with van der Waals surface area (Å²) in [6.07, 6.45) is 3.37. The lowest BCUT2D eigenvalue weighted by atomic mass is 9.98. The summed E-state index contributed by atoms with van der Waals surface area (Å²) >= 11 is 0. The van der Waals surface area contributed by atoms with Crippen molar-refractivity contribution in [2.45, 2.75) is 26.7 Å². The Morgan fingerprint density at radius 3 is 2.57 bits per heavy atom. The maximum atomic E-state index is 10.5. The molecule has 0 aliphatic heterocycles. The summed E-state index contributed by atoms with van der Waals surface area (Å²) in [6.45, 7) is 7.04. The van der Waals surface area contributed by atoms with Gasteiger partial charge in [0.25, 0.3) is 0 Å². The minimum Gasteiger partial charge on any atom is -0.792 e. The van der Waals surface area contributed by atoms with E-state index in [2.05, 4.69) is 54.2 Å². The third-order valence-corrected chi connectivity index (χ3v) is 3.55. The lowest BCUT2D eigenvalue weighted by molar-refractivity contribution is 1.17. The normalized spacial score (nSPS) is 12.0. The molecule has 108 valence electrons. The lowest BCUT2D eigenvalue weighted by Crippen LogP contribution is -2.00. The summed E-state index contributed by atoms with van der Waals surface area (Å²) in [6, 6.07) is 14.8. The molecule has 0 bridgehead atoms. The molecule has 0 heterocycles. The lowest BCUT2D eigenvalue weighted by Gasteiger charge is -2.09. The Kier molecular flexibility index (Phi) is 4.94. The minimum atomic E-state index is 0.638. The third-order valence-electron chi connectivity index (χ3n) is 3.55. The quantitative estimate of drug-likeness (QED) is 0.371. The van der Waals surface area contributed by atoms with Crippen LogP contribution in [-0.2, 0) is 12.8 Å². The van der Waals surface area contributed by atoms with E-state index in [4.69, 9.17) is 0 Å². The van der Waals surface area contributed by atoms with Crippen molar-refractivity contribution < 1.29 is 0 Å². The zero-order valence-corrected chi connectivity index (χ0v) is 12.6. The molecule has 1 aliphatic rings. The predicted octanol–water partition coefficient (Wildman–Crippen LogP) is 4.95. The fourth-order valence-corrected chi connectivity index (χ4v) is 2.70. The average molecular weight is 278 g/mol. The van der Waals surface area contributed by atoms with Crippen LogP contribution in [0.3, 0.4) is 0 Å². The van der Waals surface area contributed by atoms with Gasteiger partial charge in [-0.3, -0.25) is 0 Å². The molecule has 2 aromatic rings. The van der Waals surface area contributed by atoms with Crippen LogP contribution < -0.4 is 0 Å². The zero-order valence-electron chi connectivity index (χ0n) is 12.6. The number of allylic oxidation sites excluding steroid dienone is 1. The van der Waals surface area contributed by atoms with Crippen LogP contribution in [0, 0.1) is 5.21 Å². The fraction of sp³-hybridized carbons (Fsp3) is 0.211. The van der Waals surface area contributed by atoms with Crippen molar-refractivity contribution >= 4 is 5.71 Å². The molecule has 2 aromatic carbocycles. The second-order valence-electron chi connectivity index (χ2n) is 5.19. The standard InChI is InChI=1S/C16H15NO.C3H6/c1-11(17-18)9-12-6-4-8-15-14-7-3-2-5-13(14)10-16(12)15;1-3-2/h2-8,18H,9-10H2,1H3;3H,1H2,2H3/p-1. The Balaban J connectivity index is 0.000000497. The van der Waals surface area contributed by atoms with Crippen LogP contribution in [0.4, 0.5) is 0 Å². The highest BCUT2D eigenvalue weighted by Crippen LogP contribution is 2.38. The first kappa shape index (κ1) is 15.0. The predicted molar refractivity (Wildman–Crippen MR) is 90.7 cm³/mol. The second-order valence-corrected chi connectivity index (χ2v) is 5.19. The maximum absolute atomic E-state index is 10.5. The van der Waals surface area contributed by atoms with Crippen LogP contribution in [0.1, 0.15) is 30.5 Å². The number of rotatable bonds is 2. The summed E-state index contributed by atoms with van der Waals surface area (Å²) < 4.78 is 0. The van der Waals surface area contributed by atoms with E-state index in [9.17, 15) is 5.21 Å². The summed E-state index contributed by atoms with van der Waals surface area (Å²) in [5, 5.41) is 13.6. The molecule has 3 rings (SSSR count). The van der Waals surface area contributed by atoms with Gasteiger partial charge < -0.3 is 10.4 Å². The van der Waals surface area contributed by atoms with Crippen LogP contribution in [0.25, 0.3) is 11.1 Å². The van der Waals surface area contributed by atoms with Crippen LogP contribution in [-0.4, -0.2) is 5.71 Å². The van der Waals surface area contributed by atoms with Gasteiger partial charge in [-0.25, -0.2) is 0 Å². The summed E-state index contributed by atoms with van der Waals surface area (Å²) in [7, 11) is 0. The Bertz CT molecular complexity index is 671. The van der Waals surface area contributed by atoms with Gasteiger partial charge in [0.05, 0.1) is 0 Å². The van der Waals surface area contributed by atoms with Crippen LogP contribution in [0.2, 0.25) is 0 Å². The molecule has 2 heteroatoms. The largest absolute Gasteiger partial charge is 0.792 e. The van der Waals surface area contributed by atoms with Crippen molar-refractivity contribution in [3.05, 3.63) is 77.0 Å². The van der Waals surface area contributed by atoms with E-state index in [1.807, 2.05) is 6.92 Å². The highest BCUT2D eigenvalue weighted by Gasteiger charge is 2.20. The van der Waals surface area contributed by atoms with E-state index in [0.717, 1.165) is 6.42 Å². The van der Waals surface area contributed by atoms with E-state index >= 15 is 0 Å². The van der Waals surface area contributed by atoms with Gasteiger partial charge in [-0.05, 0) is 48.1 Å². The van der Waals surface area contributed by atoms with Gasteiger partial charge in [0.2, 0.25) is 0 Å². The van der Waals surface area contributed by atoms with Gasteiger partial charge in [-0.15, -0.1) is 6.58 Å². The maximum Gasteiger partial charge on any atom is 0.0101 e. The van der Waals surface area contributed by atoms with E-state index in [1.165, 1.54) is 27.8 Å². The first-order valence-corrected chi connectivity index (χ1v) is 7.13. The van der Waals surface area contributed by atoms with Crippen molar-refractivity contribution in [2.75, 3.05) is 0 Å². The molecule has 0 amide bonds. The van der Waals surface area contributed by atoms with E-state index in [-0.39, 0.29) is 0 Å². The summed E-state index contributed by atoms with van der Waals surface area (Å²) in [5.74, 6) is 0. The Labute approximate surface area is 126 Å². The Hall–Kier alpha value is -2.35. The number of benzene rings is 2. The highest BCUT2D eigenvalue weighted by atomic mass is 16.4. The SMILES string of the molecule is C=CC.CC(Cc1cccc2c1Cc1ccccc1-2)=N[O-]. The first-order valence-electron chi connectivity index (χ1n) is 7.13. The monoisotopic (exact) mass is 278 g/mol. The summed E-state index contributed by atoms with van der Waals surface area (Å²) in [4.78, 5) is 0. The topological polar surface area (TPSA) is 35.4 Å². The number of hydrogen-bond acceptors (Lipinski definition) is 2. The van der Waals surface area contributed by atoms with Crippen molar-refractivity contribution in [3.63, 3.8) is 0 Å². The molecule has 0 fully saturated rings. The van der Waals surface area contributed by atoms with Crippen LogP contribution in [0.5, 0.6) is 0 Å². The third kappa shape index (κ3) is 3.22. The van der Waals surface area contributed by atoms with Crippen molar-refractivity contribution in [2.24, 2.45) is 5.16 Å². The van der Waals surface area contributed by atoms with Crippen molar-refractivity contribution in [3.8, 4) is 11.1 Å². The molecular formula is C19H20NO-. The van der Waals surface area contributed by atoms with Gasteiger partial charge in [0, 0.05) is 12.1 Å². The van der Waals surface area contributed by atoms with Gasteiger partial charge in [-0.1, -0.05) is 48.5 Å². The smallest absolute Gasteiger partial charge is 0.0101 e. The molecule has 0 N–H and O–H groups in total. The van der Waals surface area contributed by atoms with Gasteiger partial charge in [0.15, 0.2) is 0 Å². The molecule has 0 saturated carbocycles. The number of hydrogen-bond donors (Lipinski definition) is 0. The minimum absolute atomic E-state index is 0.638. The molecule has 0 saturated heterocycles. The van der Waals surface area contributed by atoms with Crippen LogP contribution >= 0.6 is 0 Å². The van der Waals surface area contributed by atoms with Gasteiger partial charge in [0.1, 0.15) is 0 Å². The zero-order chi connectivity index (χ0) is 15.2. The average Bonchev–Trinajstić information content (AvgIpc) is 2.88. The Morgan fingerprint density at radius 1 is 1.19 bits per heavy atom. The Morgan fingerprint density at radius 2 is 1.86 bits per heavy atom. The molecule has 0 unspecified atom stereocenters. The molecule has 0 atom stereocenters. The fourth-order valence-electron chi connectivity index (χ4n) is 2.70. The van der Waals surface area contributed by atoms with Crippen molar-refractivity contribution in [1.29, 1.82) is 0 Å². The summed E-state index contributed by atoms with van der Waals surface area (Å²) in [5.41, 5.74) is 7.21. The molecule has 0 aromatic heterocycles. The number of fused-ring (bicyclic) bond motifs is 3.